The maximum Gasteiger partial charge on any atom is 0.229 e. The predicted octanol–water partition coefficient (Wildman–Crippen LogP) is 5.35. The minimum absolute atomic E-state index is 0.237. The van der Waals surface area contributed by atoms with Crippen LogP contribution in [0.4, 0.5) is 11.4 Å². The Morgan fingerprint density at radius 3 is 2.36 bits per heavy atom. The van der Waals surface area contributed by atoms with E-state index in [1.54, 1.807) is 18.3 Å². The highest BCUT2D eigenvalue weighted by molar-refractivity contribution is 7.92. The van der Waals surface area contributed by atoms with Crippen molar-refractivity contribution in [2.45, 2.75) is 32.9 Å². The lowest BCUT2D eigenvalue weighted by Gasteiger charge is -2.29. The zero-order valence-electron chi connectivity index (χ0n) is 22.5. The third-order valence-electron chi connectivity index (χ3n) is 6.94. The van der Waals surface area contributed by atoms with Gasteiger partial charge in [0.2, 0.25) is 10.0 Å². The number of benzene rings is 2. The van der Waals surface area contributed by atoms with E-state index in [0.717, 1.165) is 40.3 Å². The fourth-order valence-corrected chi connectivity index (χ4v) is 6.16. The first-order chi connectivity index (χ1) is 18.6. The van der Waals surface area contributed by atoms with Crippen LogP contribution in [0.2, 0.25) is 0 Å². The van der Waals surface area contributed by atoms with Gasteiger partial charge in [-0.2, -0.15) is 0 Å². The number of anilines is 2. The van der Waals surface area contributed by atoms with Crippen LogP contribution in [0.15, 0.2) is 72.9 Å². The molecule has 10 heteroatoms. The lowest BCUT2D eigenvalue weighted by Crippen LogP contribution is -2.29. The van der Waals surface area contributed by atoms with Crippen LogP contribution in [0.3, 0.4) is 0 Å². The summed E-state index contributed by atoms with van der Waals surface area (Å²) in [6.07, 6.45) is 2.89. The number of sulfonamides is 1. The smallest absolute Gasteiger partial charge is 0.229 e. The minimum Gasteiger partial charge on any atom is -0.495 e. The molecular weight excluding hydrogens is 530 g/mol. The summed E-state index contributed by atoms with van der Waals surface area (Å²) < 4.78 is 34.4. The van der Waals surface area contributed by atoms with E-state index in [0.29, 0.717) is 16.5 Å². The van der Waals surface area contributed by atoms with Gasteiger partial charge in [0.15, 0.2) is 5.11 Å². The Morgan fingerprint density at radius 1 is 1.00 bits per heavy atom. The first-order valence-corrected chi connectivity index (χ1v) is 14.8. The van der Waals surface area contributed by atoms with E-state index in [-0.39, 0.29) is 12.1 Å². The van der Waals surface area contributed by atoms with Crippen molar-refractivity contribution in [3.05, 3.63) is 101 Å². The molecule has 0 bridgehead atoms. The number of pyridine rings is 1. The summed E-state index contributed by atoms with van der Waals surface area (Å²) in [5.74, 6) is 0.414. The second kappa shape index (κ2) is 10.3. The number of nitrogens with zero attached hydrogens (tertiary/aromatic N) is 3. The molecule has 4 aromatic rings. The van der Waals surface area contributed by atoms with Gasteiger partial charge in [-0.25, -0.2) is 8.42 Å². The highest BCUT2D eigenvalue weighted by Crippen LogP contribution is 2.45. The van der Waals surface area contributed by atoms with Crippen LogP contribution in [0.5, 0.6) is 5.75 Å². The van der Waals surface area contributed by atoms with Gasteiger partial charge in [-0.05, 0) is 87.1 Å². The van der Waals surface area contributed by atoms with E-state index in [2.05, 4.69) is 70.7 Å². The van der Waals surface area contributed by atoms with Crippen LogP contribution >= 0.6 is 12.2 Å². The molecule has 8 nitrogen and oxygen atoms in total. The average Bonchev–Trinajstić information content (AvgIpc) is 3.39. The molecule has 1 saturated heterocycles. The van der Waals surface area contributed by atoms with Crippen LogP contribution in [0.25, 0.3) is 5.69 Å². The van der Waals surface area contributed by atoms with Crippen molar-refractivity contribution in [1.29, 1.82) is 0 Å². The van der Waals surface area contributed by atoms with Gasteiger partial charge in [0.25, 0.3) is 0 Å². The van der Waals surface area contributed by atoms with Gasteiger partial charge >= 0.3 is 0 Å². The fourth-order valence-electron chi connectivity index (χ4n) is 5.25. The summed E-state index contributed by atoms with van der Waals surface area (Å²) in [5.41, 5.74) is 7.47. The Hall–Kier alpha value is -3.89. The third kappa shape index (κ3) is 5.22. The van der Waals surface area contributed by atoms with Gasteiger partial charge in [-0.3, -0.25) is 9.71 Å². The Kier molecular flexibility index (Phi) is 7.09. The molecule has 2 aromatic heterocycles. The van der Waals surface area contributed by atoms with E-state index in [1.165, 1.54) is 12.7 Å². The molecule has 0 aliphatic carbocycles. The average molecular weight is 562 g/mol. The largest absolute Gasteiger partial charge is 0.495 e. The Bertz CT molecular complexity index is 1630. The summed E-state index contributed by atoms with van der Waals surface area (Å²) >= 11 is 5.89. The number of ether oxygens (including phenoxy) is 1. The van der Waals surface area contributed by atoms with E-state index in [9.17, 15) is 8.42 Å². The Balaban J connectivity index is 1.68. The maximum absolute atomic E-state index is 12.1. The lowest BCUT2D eigenvalue weighted by molar-refractivity contribution is 0.417. The number of rotatable bonds is 7. The quantitative estimate of drug-likeness (QED) is 0.294. The summed E-state index contributed by atoms with van der Waals surface area (Å²) in [6, 6.07) is 21.4. The zero-order valence-corrected chi connectivity index (χ0v) is 24.1. The number of hydrogen-bond donors (Lipinski definition) is 2. The zero-order chi connectivity index (χ0) is 27.9. The predicted molar refractivity (Wildman–Crippen MR) is 159 cm³/mol. The SMILES string of the molecule is COc1ccc(N2C(=S)N[C@H](c3ccccn3)[C@@H]2c2cc(C)n(-c3ccc(C)cc3)c2C)cc1NS(C)(=O)=O. The molecule has 39 heavy (non-hydrogen) atoms. The normalized spacial score (nSPS) is 17.3. The summed E-state index contributed by atoms with van der Waals surface area (Å²) in [7, 11) is -2.03. The summed E-state index contributed by atoms with van der Waals surface area (Å²) in [5, 5.41) is 4.00. The summed E-state index contributed by atoms with van der Waals surface area (Å²) in [6.45, 7) is 6.29. The molecule has 202 valence electrons. The van der Waals surface area contributed by atoms with Gasteiger partial charge in [-0.1, -0.05) is 23.8 Å². The van der Waals surface area contributed by atoms with Gasteiger partial charge in [0, 0.05) is 29.0 Å². The second-order valence-electron chi connectivity index (χ2n) is 9.75. The molecule has 1 fully saturated rings. The van der Waals surface area contributed by atoms with Crippen molar-refractivity contribution in [3.8, 4) is 11.4 Å². The molecule has 2 aromatic carbocycles. The van der Waals surface area contributed by atoms with Gasteiger partial charge in [0.1, 0.15) is 5.75 Å². The minimum atomic E-state index is -3.54. The molecule has 1 aliphatic heterocycles. The molecule has 3 heterocycles. The van der Waals surface area contributed by atoms with Gasteiger partial charge in [-0.15, -0.1) is 0 Å². The number of aromatic nitrogens is 2. The van der Waals surface area contributed by atoms with Crippen LogP contribution < -0.4 is 19.7 Å². The molecule has 5 rings (SSSR count). The van der Waals surface area contributed by atoms with Crippen molar-refractivity contribution in [2.75, 3.05) is 23.0 Å². The van der Waals surface area contributed by atoms with Gasteiger partial charge in [0.05, 0.1) is 36.8 Å². The van der Waals surface area contributed by atoms with E-state index >= 15 is 0 Å². The molecule has 0 spiro atoms. The highest BCUT2D eigenvalue weighted by Gasteiger charge is 2.42. The lowest BCUT2D eigenvalue weighted by atomic mass is 9.96. The van der Waals surface area contributed by atoms with Crippen molar-refractivity contribution in [2.24, 2.45) is 0 Å². The highest BCUT2D eigenvalue weighted by atomic mass is 32.2. The van der Waals surface area contributed by atoms with Crippen molar-refractivity contribution >= 4 is 38.7 Å². The molecule has 2 atom stereocenters. The van der Waals surface area contributed by atoms with Crippen molar-refractivity contribution in [1.82, 2.24) is 14.9 Å². The Morgan fingerprint density at radius 2 is 1.72 bits per heavy atom. The second-order valence-corrected chi connectivity index (χ2v) is 11.9. The standard InChI is InChI=1S/C29H31N5O3S2/c1-18-9-11-21(12-10-18)33-19(2)16-23(20(33)3)28-27(24-8-6-7-15-30-24)31-29(38)34(28)22-13-14-26(37-4)25(17-22)32-39(5,35)36/h6-17,27-28,32H,1-5H3,(H,31,38)/t27-,28+/m1/s1. The molecule has 0 amide bonds. The van der Waals surface area contributed by atoms with Crippen LogP contribution in [0.1, 0.15) is 40.3 Å². The maximum atomic E-state index is 12.1. The molecule has 0 unspecified atom stereocenters. The van der Waals surface area contributed by atoms with Crippen molar-refractivity contribution in [3.63, 3.8) is 0 Å². The molecule has 2 N–H and O–H groups in total. The monoisotopic (exact) mass is 561 g/mol. The molecule has 1 aliphatic rings. The molecular formula is C29H31N5O3S2. The number of aryl methyl sites for hydroxylation is 2. The first kappa shape index (κ1) is 26.7. The van der Waals surface area contributed by atoms with E-state index < -0.39 is 10.0 Å². The summed E-state index contributed by atoms with van der Waals surface area (Å²) in [4.78, 5) is 6.68. The fraction of sp³-hybridized carbons (Fsp3) is 0.241. The van der Waals surface area contributed by atoms with Crippen molar-refractivity contribution < 1.29 is 13.2 Å². The topological polar surface area (TPSA) is 88.5 Å². The molecule has 0 saturated carbocycles. The van der Waals surface area contributed by atoms with Gasteiger partial charge < -0.3 is 19.5 Å². The van der Waals surface area contributed by atoms with Crippen LogP contribution in [-0.2, 0) is 10.0 Å². The Labute approximate surface area is 234 Å². The van der Waals surface area contributed by atoms with E-state index in [4.69, 9.17) is 17.0 Å². The number of nitrogens with one attached hydrogen (secondary N) is 2. The third-order valence-corrected chi connectivity index (χ3v) is 7.84. The van der Waals surface area contributed by atoms with E-state index in [1.807, 2.05) is 29.2 Å². The van der Waals surface area contributed by atoms with Crippen LogP contribution in [-0.4, -0.2) is 36.4 Å². The number of thiocarbonyl (C=S) groups is 1. The van der Waals surface area contributed by atoms with Crippen LogP contribution in [0, 0.1) is 20.8 Å². The number of hydrogen-bond acceptors (Lipinski definition) is 5. The first-order valence-electron chi connectivity index (χ1n) is 12.5. The number of methoxy groups -OCH3 is 1. The molecule has 0 radical (unpaired) electrons.